The van der Waals surface area contributed by atoms with Gasteiger partial charge in [-0.15, -0.1) is 0 Å². The quantitative estimate of drug-likeness (QED) is 0.654. The van der Waals surface area contributed by atoms with Crippen LogP contribution in [0.4, 0.5) is 8.78 Å². The van der Waals surface area contributed by atoms with Crippen LogP contribution < -0.4 is 0 Å². The number of Topliss-reactive ketones (excluding diaryl/α,β-unsaturated/α-hetero) is 1. The van der Waals surface area contributed by atoms with Crippen LogP contribution in [0.25, 0.3) is 0 Å². The Labute approximate surface area is 162 Å². The molecular formula is C21H22F2N2O3. The molecule has 28 heavy (non-hydrogen) atoms. The number of ketones is 1. The Morgan fingerprint density at radius 3 is 2.75 bits per heavy atom. The summed E-state index contributed by atoms with van der Waals surface area (Å²) >= 11 is 0. The van der Waals surface area contributed by atoms with Gasteiger partial charge in [-0.05, 0) is 24.1 Å². The third-order valence-corrected chi connectivity index (χ3v) is 4.50. The highest BCUT2D eigenvalue weighted by atomic mass is 19.3. The van der Waals surface area contributed by atoms with E-state index in [1.54, 1.807) is 6.20 Å². The summed E-state index contributed by atoms with van der Waals surface area (Å²) in [5, 5.41) is 0. The zero-order valence-corrected chi connectivity index (χ0v) is 15.6. The second kappa shape index (κ2) is 9.50. The smallest absolute Gasteiger partial charge is 0.345 e. The minimum absolute atomic E-state index is 0.0804. The molecule has 1 aliphatic heterocycles. The number of carbonyl (C=O) groups excluding carboxylic acids is 1. The zero-order valence-electron chi connectivity index (χ0n) is 15.6. The van der Waals surface area contributed by atoms with Gasteiger partial charge in [0.1, 0.15) is 5.78 Å². The summed E-state index contributed by atoms with van der Waals surface area (Å²) in [7, 11) is 0. The molecule has 0 spiro atoms. The first-order valence-electron chi connectivity index (χ1n) is 9.18. The van der Waals surface area contributed by atoms with Crippen molar-refractivity contribution in [3.05, 3.63) is 65.0 Å². The highest BCUT2D eigenvalue weighted by Crippen LogP contribution is 2.23. The molecule has 0 aliphatic carbocycles. The van der Waals surface area contributed by atoms with Gasteiger partial charge in [-0.1, -0.05) is 30.3 Å². The van der Waals surface area contributed by atoms with Crippen LogP contribution in [0.5, 0.6) is 0 Å². The summed E-state index contributed by atoms with van der Waals surface area (Å²) in [6.45, 7) is -0.152. The number of halogens is 2. The highest BCUT2D eigenvalue weighted by molar-refractivity contribution is 5.97. The molecule has 5 nitrogen and oxygen atoms in total. The molecule has 7 heteroatoms. The normalized spacial score (nSPS) is 13.9. The predicted octanol–water partition coefficient (Wildman–Crippen LogP) is 3.90. The van der Waals surface area contributed by atoms with Crippen molar-refractivity contribution in [3.63, 3.8) is 0 Å². The standard InChI is InChI=1S/C21H22F2N2O3/c1-2-27-20-19-12-24-17(8-15(19)11-25-20)10-18(26)9-16(13-28-21(22)23)14-6-4-3-5-7-14/h3-8,12,16,21H,2,9-11,13H2,1H3/t16-/m1/s1. The third-order valence-electron chi connectivity index (χ3n) is 4.50. The van der Waals surface area contributed by atoms with Crippen LogP contribution >= 0.6 is 0 Å². The van der Waals surface area contributed by atoms with Crippen molar-refractivity contribution < 1.29 is 23.0 Å². The van der Waals surface area contributed by atoms with E-state index in [2.05, 4.69) is 14.7 Å². The molecule has 0 saturated heterocycles. The van der Waals surface area contributed by atoms with Crippen molar-refractivity contribution in [2.75, 3.05) is 13.2 Å². The molecule has 148 valence electrons. The molecule has 3 rings (SSSR count). The fourth-order valence-electron chi connectivity index (χ4n) is 3.20. The van der Waals surface area contributed by atoms with E-state index >= 15 is 0 Å². The van der Waals surface area contributed by atoms with E-state index in [0.717, 1.165) is 16.7 Å². The van der Waals surface area contributed by atoms with Crippen LogP contribution in [0.15, 0.2) is 47.6 Å². The van der Waals surface area contributed by atoms with Crippen molar-refractivity contribution in [1.82, 2.24) is 4.98 Å². The molecule has 0 N–H and O–H groups in total. The lowest BCUT2D eigenvalue weighted by Gasteiger charge is -2.17. The maximum absolute atomic E-state index is 12.6. The second-order valence-corrected chi connectivity index (χ2v) is 6.51. The average Bonchev–Trinajstić information content (AvgIpc) is 3.08. The molecule has 1 aromatic carbocycles. The number of pyridine rings is 1. The maximum atomic E-state index is 12.6. The van der Waals surface area contributed by atoms with Crippen LogP contribution in [0.2, 0.25) is 0 Å². The number of hydrogen-bond acceptors (Lipinski definition) is 5. The fraction of sp³-hybridized carbons (Fsp3) is 0.381. The van der Waals surface area contributed by atoms with Crippen LogP contribution in [-0.2, 0) is 27.2 Å². The van der Waals surface area contributed by atoms with Gasteiger partial charge >= 0.3 is 6.61 Å². The Hall–Kier alpha value is -2.67. The predicted molar refractivity (Wildman–Crippen MR) is 101 cm³/mol. The average molecular weight is 388 g/mol. The van der Waals surface area contributed by atoms with Gasteiger partial charge in [0.05, 0.1) is 25.3 Å². The molecule has 1 atom stereocenters. The van der Waals surface area contributed by atoms with E-state index in [1.165, 1.54) is 0 Å². The fourth-order valence-corrected chi connectivity index (χ4v) is 3.20. The molecule has 1 aromatic heterocycles. The van der Waals surface area contributed by atoms with Gasteiger partial charge in [0.15, 0.2) is 0 Å². The number of aliphatic imine (C=N–C) groups is 1. The van der Waals surface area contributed by atoms with Crippen molar-refractivity contribution in [2.45, 2.75) is 38.8 Å². The molecule has 0 bridgehead atoms. The Morgan fingerprint density at radius 2 is 2.04 bits per heavy atom. The van der Waals surface area contributed by atoms with Crippen molar-refractivity contribution in [3.8, 4) is 0 Å². The van der Waals surface area contributed by atoms with E-state index < -0.39 is 12.5 Å². The van der Waals surface area contributed by atoms with E-state index in [0.29, 0.717) is 24.7 Å². The number of nitrogens with zero attached hydrogens (tertiary/aromatic N) is 2. The van der Waals surface area contributed by atoms with E-state index in [4.69, 9.17) is 4.74 Å². The minimum Gasteiger partial charge on any atom is -0.478 e. The SMILES string of the molecule is CCOC1=NCc2cc(CC(=O)C[C@H](COC(F)F)c3ccccc3)ncc21. The topological polar surface area (TPSA) is 60.8 Å². The molecule has 0 radical (unpaired) electrons. The van der Waals surface area contributed by atoms with Gasteiger partial charge in [-0.25, -0.2) is 4.99 Å². The maximum Gasteiger partial charge on any atom is 0.345 e. The second-order valence-electron chi connectivity index (χ2n) is 6.51. The highest BCUT2D eigenvalue weighted by Gasteiger charge is 2.21. The van der Waals surface area contributed by atoms with E-state index in [9.17, 15) is 13.6 Å². The number of ether oxygens (including phenoxy) is 2. The Kier molecular flexibility index (Phi) is 6.81. The van der Waals surface area contributed by atoms with Gasteiger partial charge in [-0.3, -0.25) is 9.78 Å². The van der Waals surface area contributed by atoms with Crippen LogP contribution in [0.1, 0.15) is 41.6 Å². The number of carbonyl (C=O) groups is 1. The number of aromatic nitrogens is 1. The summed E-state index contributed by atoms with van der Waals surface area (Å²) in [5.74, 6) is 0.0734. The van der Waals surface area contributed by atoms with E-state index in [-0.39, 0.29) is 25.2 Å². The Bertz CT molecular complexity index is 841. The Balaban J connectivity index is 1.65. The zero-order chi connectivity index (χ0) is 19.9. The molecule has 0 fully saturated rings. The largest absolute Gasteiger partial charge is 0.478 e. The summed E-state index contributed by atoms with van der Waals surface area (Å²) in [6.07, 6.45) is 1.92. The summed E-state index contributed by atoms with van der Waals surface area (Å²) in [6, 6.07) is 10.9. The van der Waals surface area contributed by atoms with Crippen LogP contribution in [0.3, 0.4) is 0 Å². The lowest BCUT2D eigenvalue weighted by Crippen LogP contribution is -2.17. The van der Waals surface area contributed by atoms with Crippen molar-refractivity contribution in [2.24, 2.45) is 4.99 Å². The van der Waals surface area contributed by atoms with Gasteiger partial charge < -0.3 is 9.47 Å². The van der Waals surface area contributed by atoms with Gasteiger partial charge in [0.25, 0.3) is 0 Å². The van der Waals surface area contributed by atoms with Gasteiger partial charge in [0.2, 0.25) is 5.90 Å². The summed E-state index contributed by atoms with van der Waals surface area (Å²) in [4.78, 5) is 21.2. The molecule has 0 unspecified atom stereocenters. The number of rotatable bonds is 9. The van der Waals surface area contributed by atoms with Gasteiger partial charge in [0, 0.05) is 30.7 Å². The third kappa shape index (κ3) is 5.19. The first kappa shape index (κ1) is 20.1. The summed E-state index contributed by atoms with van der Waals surface area (Å²) < 4.78 is 34.9. The molecule has 1 aliphatic rings. The minimum atomic E-state index is -2.86. The number of hydrogen-bond donors (Lipinski definition) is 0. The number of benzene rings is 1. The monoisotopic (exact) mass is 388 g/mol. The number of fused-ring (bicyclic) bond motifs is 1. The first-order chi connectivity index (χ1) is 13.6. The summed E-state index contributed by atoms with van der Waals surface area (Å²) in [5.41, 5.74) is 3.26. The molecule has 0 saturated carbocycles. The lowest BCUT2D eigenvalue weighted by molar-refractivity contribution is -0.136. The van der Waals surface area contributed by atoms with E-state index in [1.807, 2.05) is 43.3 Å². The Morgan fingerprint density at radius 1 is 1.25 bits per heavy atom. The molecule has 2 aromatic rings. The van der Waals surface area contributed by atoms with Crippen molar-refractivity contribution in [1.29, 1.82) is 0 Å². The van der Waals surface area contributed by atoms with Crippen LogP contribution in [0, 0.1) is 0 Å². The van der Waals surface area contributed by atoms with Gasteiger partial charge in [-0.2, -0.15) is 8.78 Å². The van der Waals surface area contributed by atoms with Crippen molar-refractivity contribution >= 4 is 11.7 Å². The molecular weight excluding hydrogens is 366 g/mol. The first-order valence-corrected chi connectivity index (χ1v) is 9.18. The number of alkyl halides is 2. The van der Waals surface area contributed by atoms with Crippen LogP contribution in [-0.4, -0.2) is 36.5 Å². The molecule has 0 amide bonds. The lowest BCUT2D eigenvalue weighted by atomic mass is 9.93. The molecule has 2 heterocycles.